The van der Waals surface area contributed by atoms with Crippen LogP contribution in [0.4, 0.5) is 0 Å². The summed E-state index contributed by atoms with van der Waals surface area (Å²) in [6.45, 7) is 6.34. The largest absolute Gasteiger partial charge is 0.348 e. The molecule has 0 radical (unpaired) electrons. The van der Waals surface area contributed by atoms with Gasteiger partial charge in [0.25, 0.3) is 5.91 Å². The molecule has 0 aromatic carbocycles. The molecule has 0 aliphatic heterocycles. The second kappa shape index (κ2) is 6.77. The Bertz CT molecular complexity index is 471. The van der Waals surface area contributed by atoms with E-state index in [1.54, 1.807) is 18.3 Å². The third-order valence-corrected chi connectivity index (χ3v) is 2.71. The highest BCUT2D eigenvalue weighted by Gasteiger charge is 2.15. The Balaban J connectivity index is 2.92. The second-order valence-electron chi connectivity index (χ2n) is 4.41. The smallest absolute Gasteiger partial charge is 0.271 e. The van der Waals surface area contributed by atoms with Gasteiger partial charge < -0.3 is 11.1 Å². The highest BCUT2D eigenvalue weighted by atomic mass is 16.1. The van der Waals surface area contributed by atoms with E-state index in [0.29, 0.717) is 17.2 Å². The molecule has 4 heteroatoms. The average Bonchev–Trinajstić information content (AvgIpc) is 2.36. The first-order valence-electron chi connectivity index (χ1n) is 6.01. The van der Waals surface area contributed by atoms with Crippen molar-refractivity contribution in [2.45, 2.75) is 26.8 Å². The molecule has 18 heavy (non-hydrogen) atoms. The van der Waals surface area contributed by atoms with Crippen molar-refractivity contribution in [2.75, 3.05) is 6.54 Å². The molecule has 4 nitrogen and oxygen atoms in total. The molecular formula is C14H19N3O. The van der Waals surface area contributed by atoms with Gasteiger partial charge in [0, 0.05) is 12.2 Å². The van der Waals surface area contributed by atoms with Crippen molar-refractivity contribution in [1.29, 1.82) is 0 Å². The quantitative estimate of drug-likeness (QED) is 0.785. The number of amides is 1. The maximum atomic E-state index is 12.1. The number of nitrogens with one attached hydrogen (secondary N) is 1. The van der Waals surface area contributed by atoms with E-state index in [4.69, 9.17) is 5.73 Å². The Morgan fingerprint density at radius 3 is 2.83 bits per heavy atom. The summed E-state index contributed by atoms with van der Waals surface area (Å²) in [6.07, 6.45) is 1.59. The van der Waals surface area contributed by atoms with Crippen LogP contribution in [0.25, 0.3) is 0 Å². The van der Waals surface area contributed by atoms with Crippen LogP contribution in [0, 0.1) is 17.8 Å². The van der Waals surface area contributed by atoms with Crippen molar-refractivity contribution in [2.24, 2.45) is 11.7 Å². The molecule has 1 heterocycles. The molecule has 1 amide bonds. The first-order chi connectivity index (χ1) is 8.56. The Kier molecular flexibility index (Phi) is 5.34. The zero-order valence-electron chi connectivity index (χ0n) is 11.0. The van der Waals surface area contributed by atoms with Crippen molar-refractivity contribution in [3.63, 3.8) is 0 Å². The van der Waals surface area contributed by atoms with Crippen molar-refractivity contribution >= 4 is 5.91 Å². The Hall–Kier alpha value is -1.86. The lowest BCUT2D eigenvalue weighted by Crippen LogP contribution is -2.36. The highest BCUT2D eigenvalue weighted by Crippen LogP contribution is 2.06. The van der Waals surface area contributed by atoms with Gasteiger partial charge in [-0.05, 0) is 25.0 Å². The van der Waals surface area contributed by atoms with Crippen LogP contribution in [-0.4, -0.2) is 23.5 Å². The maximum Gasteiger partial charge on any atom is 0.271 e. The summed E-state index contributed by atoms with van der Waals surface area (Å²) in [6, 6.07) is 3.61. The summed E-state index contributed by atoms with van der Waals surface area (Å²) < 4.78 is 0. The van der Waals surface area contributed by atoms with Crippen molar-refractivity contribution in [3.05, 3.63) is 29.6 Å². The lowest BCUT2D eigenvalue weighted by Gasteiger charge is -2.17. The lowest BCUT2D eigenvalue weighted by molar-refractivity contribution is 0.0925. The molecule has 0 saturated heterocycles. The van der Waals surface area contributed by atoms with Gasteiger partial charge >= 0.3 is 0 Å². The van der Waals surface area contributed by atoms with Gasteiger partial charge in [0.15, 0.2) is 0 Å². The van der Waals surface area contributed by atoms with Gasteiger partial charge in [-0.3, -0.25) is 4.79 Å². The Morgan fingerprint density at radius 2 is 2.22 bits per heavy atom. The van der Waals surface area contributed by atoms with Crippen LogP contribution in [0.3, 0.4) is 0 Å². The highest BCUT2D eigenvalue weighted by molar-refractivity contribution is 5.94. The summed E-state index contributed by atoms with van der Waals surface area (Å²) in [5.74, 6) is 5.77. The van der Waals surface area contributed by atoms with Gasteiger partial charge in [-0.1, -0.05) is 25.7 Å². The molecule has 3 N–H and O–H groups in total. The number of rotatable bonds is 3. The van der Waals surface area contributed by atoms with Crippen LogP contribution in [-0.2, 0) is 0 Å². The molecule has 1 unspecified atom stereocenters. The van der Waals surface area contributed by atoms with Crippen LogP contribution in [0.2, 0.25) is 0 Å². The van der Waals surface area contributed by atoms with Crippen LogP contribution in [0.1, 0.15) is 36.8 Å². The van der Waals surface area contributed by atoms with Gasteiger partial charge in [-0.15, -0.1) is 0 Å². The number of hydrogen-bond acceptors (Lipinski definition) is 3. The normalized spacial score (nSPS) is 11.6. The molecule has 0 aliphatic rings. The summed E-state index contributed by atoms with van der Waals surface area (Å²) in [5, 5.41) is 2.91. The summed E-state index contributed by atoms with van der Waals surface area (Å²) in [5.41, 5.74) is 6.29. The standard InChI is InChI=1S/C14H19N3O/c1-10(2)11(3)17-14(18)13-12(6-4-8-15)7-5-9-16-13/h5,7,9-11H,8,15H2,1-3H3,(H,17,18). The first-order valence-corrected chi connectivity index (χ1v) is 6.01. The number of carbonyl (C=O) groups excluding carboxylic acids is 1. The molecule has 1 rings (SSSR count). The van der Waals surface area contributed by atoms with E-state index in [2.05, 4.69) is 36.0 Å². The van der Waals surface area contributed by atoms with E-state index in [-0.39, 0.29) is 18.5 Å². The van der Waals surface area contributed by atoms with E-state index in [1.165, 1.54) is 0 Å². The molecule has 0 spiro atoms. The van der Waals surface area contributed by atoms with Crippen LogP contribution in [0.15, 0.2) is 18.3 Å². The molecule has 0 fully saturated rings. The predicted octanol–water partition coefficient (Wildman–Crippen LogP) is 1.17. The fourth-order valence-electron chi connectivity index (χ4n) is 1.28. The number of carbonyl (C=O) groups is 1. The van der Waals surface area contributed by atoms with E-state index in [1.807, 2.05) is 6.92 Å². The van der Waals surface area contributed by atoms with E-state index < -0.39 is 0 Å². The Morgan fingerprint density at radius 1 is 1.50 bits per heavy atom. The first kappa shape index (κ1) is 14.2. The second-order valence-corrected chi connectivity index (χ2v) is 4.41. The minimum absolute atomic E-state index is 0.0924. The molecule has 0 saturated carbocycles. The third kappa shape index (κ3) is 3.86. The predicted molar refractivity (Wildman–Crippen MR) is 71.9 cm³/mol. The van der Waals surface area contributed by atoms with Crippen molar-refractivity contribution < 1.29 is 4.79 Å². The maximum absolute atomic E-state index is 12.1. The van der Waals surface area contributed by atoms with E-state index in [9.17, 15) is 4.79 Å². The average molecular weight is 245 g/mol. The van der Waals surface area contributed by atoms with Crippen LogP contribution >= 0.6 is 0 Å². The van der Waals surface area contributed by atoms with Crippen molar-refractivity contribution in [3.8, 4) is 11.8 Å². The number of pyridine rings is 1. The molecule has 1 aromatic heterocycles. The molecule has 0 bridgehead atoms. The topological polar surface area (TPSA) is 68.0 Å². The number of aromatic nitrogens is 1. The van der Waals surface area contributed by atoms with E-state index >= 15 is 0 Å². The molecule has 0 aliphatic carbocycles. The zero-order valence-corrected chi connectivity index (χ0v) is 11.0. The number of nitrogens with two attached hydrogens (primary N) is 1. The molecule has 1 atom stereocenters. The summed E-state index contributed by atoms with van der Waals surface area (Å²) in [4.78, 5) is 16.2. The van der Waals surface area contributed by atoms with E-state index in [0.717, 1.165) is 0 Å². The fourth-order valence-corrected chi connectivity index (χ4v) is 1.28. The van der Waals surface area contributed by atoms with Gasteiger partial charge in [-0.2, -0.15) is 0 Å². The van der Waals surface area contributed by atoms with Crippen molar-refractivity contribution in [1.82, 2.24) is 10.3 Å². The SMILES string of the molecule is CC(C)C(C)NC(=O)c1ncccc1C#CCN. The zero-order chi connectivity index (χ0) is 13.5. The molecule has 1 aromatic rings. The lowest BCUT2D eigenvalue weighted by atomic mass is 10.1. The number of hydrogen-bond donors (Lipinski definition) is 2. The van der Waals surface area contributed by atoms with Crippen LogP contribution < -0.4 is 11.1 Å². The summed E-state index contributed by atoms with van der Waals surface area (Å²) in [7, 11) is 0. The van der Waals surface area contributed by atoms with Gasteiger partial charge in [0.1, 0.15) is 5.69 Å². The number of nitrogens with zero attached hydrogens (tertiary/aromatic N) is 1. The monoisotopic (exact) mass is 245 g/mol. The minimum atomic E-state index is -0.196. The Labute approximate surface area is 108 Å². The fraction of sp³-hybridized carbons (Fsp3) is 0.429. The van der Waals surface area contributed by atoms with Crippen LogP contribution in [0.5, 0.6) is 0 Å². The van der Waals surface area contributed by atoms with Gasteiger partial charge in [0.05, 0.1) is 12.1 Å². The third-order valence-electron chi connectivity index (χ3n) is 2.71. The molecular weight excluding hydrogens is 226 g/mol. The summed E-state index contributed by atoms with van der Waals surface area (Å²) >= 11 is 0. The van der Waals surface area contributed by atoms with Gasteiger partial charge in [-0.25, -0.2) is 4.98 Å². The molecule has 96 valence electrons. The van der Waals surface area contributed by atoms with Gasteiger partial charge in [0.2, 0.25) is 0 Å². The minimum Gasteiger partial charge on any atom is -0.348 e.